The van der Waals surface area contributed by atoms with Crippen molar-refractivity contribution in [3.05, 3.63) is 70.3 Å². The van der Waals surface area contributed by atoms with Gasteiger partial charge in [-0.25, -0.2) is 9.37 Å². The van der Waals surface area contributed by atoms with Gasteiger partial charge in [0.05, 0.1) is 11.0 Å². The summed E-state index contributed by atoms with van der Waals surface area (Å²) in [6, 6.07) is 14.1. The number of benzene rings is 2. The van der Waals surface area contributed by atoms with E-state index in [1.165, 1.54) is 6.07 Å². The van der Waals surface area contributed by atoms with E-state index in [-0.39, 0.29) is 29.7 Å². The molecule has 1 aliphatic rings. The Morgan fingerprint density at radius 3 is 2.57 bits per heavy atom. The molecule has 1 N–H and O–H groups in total. The lowest BCUT2D eigenvalue weighted by Crippen LogP contribution is -2.43. The highest BCUT2D eigenvalue weighted by Gasteiger charge is 2.27. The number of fused-ring (bicyclic) bond motifs is 1. The van der Waals surface area contributed by atoms with Crippen LogP contribution in [0.5, 0.6) is 0 Å². The largest absolute Gasteiger partial charge is 0.352 e. The van der Waals surface area contributed by atoms with Crippen LogP contribution in [-0.4, -0.2) is 28.5 Å². The first-order valence-electron chi connectivity index (χ1n) is 10.3. The molecule has 6 nitrogen and oxygen atoms in total. The number of nitrogens with one attached hydrogen (secondary N) is 1. The maximum Gasteiger partial charge on any atom is 0.293 e. The summed E-state index contributed by atoms with van der Waals surface area (Å²) < 4.78 is 15.5. The van der Waals surface area contributed by atoms with E-state index in [0.29, 0.717) is 43.9 Å². The molecule has 1 aromatic heterocycles. The average molecular weight is 408 g/mol. The van der Waals surface area contributed by atoms with Crippen molar-refractivity contribution >= 4 is 22.8 Å². The maximum absolute atomic E-state index is 13.7. The van der Waals surface area contributed by atoms with Gasteiger partial charge in [0, 0.05) is 37.7 Å². The number of carbonyl (C=O) groups is 1. The third-order valence-corrected chi connectivity index (χ3v) is 5.73. The molecule has 30 heavy (non-hydrogen) atoms. The van der Waals surface area contributed by atoms with Crippen LogP contribution in [0.1, 0.15) is 25.3 Å². The summed E-state index contributed by atoms with van der Waals surface area (Å²) in [5, 5.41) is 2.84. The normalized spacial score (nSPS) is 14.8. The summed E-state index contributed by atoms with van der Waals surface area (Å²) in [6.07, 6.45) is 1.26. The zero-order chi connectivity index (χ0) is 21.1. The number of carbonyl (C=O) groups excluding carboxylic acids is 1. The number of amides is 1. The minimum atomic E-state index is -0.317. The van der Waals surface area contributed by atoms with Crippen LogP contribution in [0.2, 0.25) is 0 Å². The van der Waals surface area contributed by atoms with Crippen molar-refractivity contribution < 1.29 is 9.18 Å². The fraction of sp³-hybridized carbons (Fsp3) is 0.348. The first-order valence-corrected chi connectivity index (χ1v) is 10.3. The van der Waals surface area contributed by atoms with Crippen molar-refractivity contribution in [2.75, 3.05) is 18.0 Å². The first-order chi connectivity index (χ1) is 14.6. The van der Waals surface area contributed by atoms with Gasteiger partial charge in [-0.05, 0) is 38.0 Å². The fourth-order valence-corrected chi connectivity index (χ4v) is 4.02. The van der Waals surface area contributed by atoms with Crippen molar-refractivity contribution in [2.45, 2.75) is 32.9 Å². The number of halogens is 1. The fourth-order valence-electron chi connectivity index (χ4n) is 4.02. The zero-order valence-corrected chi connectivity index (χ0v) is 17.0. The van der Waals surface area contributed by atoms with E-state index in [0.717, 1.165) is 11.0 Å². The Morgan fingerprint density at radius 1 is 1.13 bits per heavy atom. The highest BCUT2D eigenvalue weighted by molar-refractivity contribution is 5.79. The van der Waals surface area contributed by atoms with E-state index in [1.807, 2.05) is 36.1 Å². The Hall–Kier alpha value is -3.22. The van der Waals surface area contributed by atoms with Crippen LogP contribution in [-0.2, 0) is 17.9 Å². The minimum absolute atomic E-state index is 0.0738. The van der Waals surface area contributed by atoms with Gasteiger partial charge in [-0.1, -0.05) is 30.3 Å². The van der Waals surface area contributed by atoms with Gasteiger partial charge in [0.2, 0.25) is 5.91 Å². The number of hydrogen-bond acceptors (Lipinski definition) is 4. The number of para-hydroxylation sites is 2. The van der Waals surface area contributed by atoms with Gasteiger partial charge in [-0.3, -0.25) is 9.59 Å². The number of anilines is 1. The minimum Gasteiger partial charge on any atom is -0.352 e. The van der Waals surface area contributed by atoms with Crippen LogP contribution in [0.15, 0.2) is 53.3 Å². The molecule has 2 aromatic carbocycles. The molecule has 0 unspecified atom stereocenters. The molecular weight excluding hydrogens is 383 g/mol. The predicted octanol–water partition coefficient (Wildman–Crippen LogP) is 3.09. The van der Waals surface area contributed by atoms with Crippen molar-refractivity contribution in [2.24, 2.45) is 5.92 Å². The molecule has 0 aliphatic carbocycles. The molecule has 0 atom stereocenters. The molecule has 2 heterocycles. The number of piperidine rings is 1. The summed E-state index contributed by atoms with van der Waals surface area (Å²) in [7, 11) is 0. The SMILES string of the molecule is CCn1c(=O)c(N2CCC(C(=O)NCc3ccccc3F)CC2)nc2ccccc21. The van der Waals surface area contributed by atoms with Crippen LogP contribution >= 0.6 is 0 Å². The standard InChI is InChI=1S/C23H25FN4O2/c1-2-28-20-10-6-5-9-19(20)26-21(23(28)30)27-13-11-16(12-14-27)22(29)25-15-17-7-3-4-8-18(17)24/h3-10,16H,2,11-15H2,1H3,(H,25,29). The van der Waals surface area contributed by atoms with Crippen LogP contribution in [0.25, 0.3) is 11.0 Å². The Labute approximate surface area is 174 Å². The first kappa shape index (κ1) is 20.1. The molecule has 0 radical (unpaired) electrons. The molecular formula is C23H25FN4O2. The molecule has 1 fully saturated rings. The Kier molecular flexibility index (Phi) is 5.79. The molecule has 1 aliphatic heterocycles. The number of aryl methyl sites for hydroxylation is 1. The van der Waals surface area contributed by atoms with E-state index >= 15 is 0 Å². The second-order valence-corrected chi connectivity index (χ2v) is 7.54. The van der Waals surface area contributed by atoms with Gasteiger partial charge in [0.25, 0.3) is 5.56 Å². The maximum atomic E-state index is 13.7. The molecule has 0 bridgehead atoms. The number of rotatable bonds is 5. The summed E-state index contributed by atoms with van der Waals surface area (Å²) in [5.74, 6) is -0.0970. The molecule has 0 saturated carbocycles. The molecule has 3 aromatic rings. The number of aromatic nitrogens is 2. The van der Waals surface area contributed by atoms with Gasteiger partial charge >= 0.3 is 0 Å². The van der Waals surface area contributed by atoms with Crippen molar-refractivity contribution in [1.29, 1.82) is 0 Å². The second kappa shape index (κ2) is 8.65. The number of nitrogens with zero attached hydrogens (tertiary/aromatic N) is 3. The molecule has 156 valence electrons. The van der Waals surface area contributed by atoms with Gasteiger partial charge in [0.15, 0.2) is 5.82 Å². The van der Waals surface area contributed by atoms with Crippen molar-refractivity contribution in [3.63, 3.8) is 0 Å². The topological polar surface area (TPSA) is 67.2 Å². The Balaban J connectivity index is 1.43. The summed E-state index contributed by atoms with van der Waals surface area (Å²) in [6.45, 7) is 3.87. The van der Waals surface area contributed by atoms with E-state index in [1.54, 1.807) is 22.8 Å². The summed E-state index contributed by atoms with van der Waals surface area (Å²) >= 11 is 0. The summed E-state index contributed by atoms with van der Waals surface area (Å²) in [5.41, 5.74) is 2.00. The van der Waals surface area contributed by atoms with Crippen LogP contribution in [0.4, 0.5) is 10.2 Å². The third-order valence-electron chi connectivity index (χ3n) is 5.73. The monoisotopic (exact) mass is 408 g/mol. The van der Waals surface area contributed by atoms with E-state index < -0.39 is 0 Å². The van der Waals surface area contributed by atoms with Crippen LogP contribution < -0.4 is 15.8 Å². The smallest absolute Gasteiger partial charge is 0.293 e. The van der Waals surface area contributed by atoms with Gasteiger partial charge < -0.3 is 14.8 Å². The molecule has 7 heteroatoms. The zero-order valence-electron chi connectivity index (χ0n) is 17.0. The van der Waals surface area contributed by atoms with Gasteiger partial charge in [-0.15, -0.1) is 0 Å². The molecule has 0 spiro atoms. The second-order valence-electron chi connectivity index (χ2n) is 7.54. The predicted molar refractivity (Wildman–Crippen MR) is 115 cm³/mol. The lowest BCUT2D eigenvalue weighted by molar-refractivity contribution is -0.125. The Morgan fingerprint density at radius 2 is 1.83 bits per heavy atom. The number of hydrogen-bond donors (Lipinski definition) is 1. The average Bonchev–Trinajstić information content (AvgIpc) is 2.78. The highest BCUT2D eigenvalue weighted by atomic mass is 19.1. The highest BCUT2D eigenvalue weighted by Crippen LogP contribution is 2.22. The van der Waals surface area contributed by atoms with Crippen molar-refractivity contribution in [3.8, 4) is 0 Å². The lowest BCUT2D eigenvalue weighted by Gasteiger charge is -2.32. The van der Waals surface area contributed by atoms with E-state index in [4.69, 9.17) is 0 Å². The van der Waals surface area contributed by atoms with E-state index in [2.05, 4.69) is 10.3 Å². The van der Waals surface area contributed by atoms with Crippen LogP contribution in [0.3, 0.4) is 0 Å². The van der Waals surface area contributed by atoms with Gasteiger partial charge in [0.1, 0.15) is 5.82 Å². The van der Waals surface area contributed by atoms with Crippen LogP contribution in [0, 0.1) is 11.7 Å². The molecule has 1 saturated heterocycles. The third kappa shape index (κ3) is 3.92. The molecule has 1 amide bonds. The lowest BCUT2D eigenvalue weighted by atomic mass is 9.96. The quantitative estimate of drug-likeness (QED) is 0.705. The molecule has 4 rings (SSSR count). The Bertz CT molecular complexity index is 1120. The summed E-state index contributed by atoms with van der Waals surface area (Å²) in [4.78, 5) is 32.1. The van der Waals surface area contributed by atoms with E-state index in [9.17, 15) is 14.0 Å². The van der Waals surface area contributed by atoms with Gasteiger partial charge in [-0.2, -0.15) is 0 Å². The van der Waals surface area contributed by atoms with Crippen molar-refractivity contribution in [1.82, 2.24) is 14.9 Å².